The van der Waals surface area contributed by atoms with Gasteiger partial charge in [-0.3, -0.25) is 4.79 Å². The highest BCUT2D eigenvalue weighted by Gasteiger charge is 2.23. The minimum atomic E-state index is -0.0539. The summed E-state index contributed by atoms with van der Waals surface area (Å²) in [6, 6.07) is 14.0. The van der Waals surface area contributed by atoms with Gasteiger partial charge in [-0.05, 0) is 49.1 Å². The van der Waals surface area contributed by atoms with Crippen molar-refractivity contribution in [3.05, 3.63) is 59.4 Å². The molecule has 4 rings (SSSR count). The molecular formula is C20H21N3O2. The maximum Gasteiger partial charge on any atom is 0.223 e. The van der Waals surface area contributed by atoms with Crippen molar-refractivity contribution in [2.24, 2.45) is 5.92 Å². The summed E-state index contributed by atoms with van der Waals surface area (Å²) in [6.45, 7) is 3.04. The van der Waals surface area contributed by atoms with Crippen molar-refractivity contribution in [1.29, 1.82) is 0 Å². The van der Waals surface area contributed by atoms with Crippen LogP contribution >= 0.6 is 0 Å². The second-order valence-corrected chi connectivity index (χ2v) is 6.54. The maximum atomic E-state index is 12.6. The molecule has 1 atom stereocenters. The van der Waals surface area contributed by atoms with Gasteiger partial charge in [0.15, 0.2) is 0 Å². The summed E-state index contributed by atoms with van der Waals surface area (Å²) < 4.78 is 5.75. The number of imidazole rings is 1. The first kappa shape index (κ1) is 15.7. The fourth-order valence-electron chi connectivity index (χ4n) is 3.34. The lowest BCUT2D eigenvalue weighted by Gasteiger charge is -2.14. The van der Waals surface area contributed by atoms with E-state index in [0.29, 0.717) is 13.2 Å². The number of hydrogen-bond donors (Lipinski definition) is 2. The second-order valence-electron chi connectivity index (χ2n) is 6.54. The van der Waals surface area contributed by atoms with Crippen LogP contribution in [0.3, 0.4) is 0 Å². The third-order valence-corrected chi connectivity index (χ3v) is 4.67. The number of ether oxygens (including phenoxy) is 1. The summed E-state index contributed by atoms with van der Waals surface area (Å²) in [5, 5.41) is 3.07. The zero-order valence-corrected chi connectivity index (χ0v) is 14.2. The Morgan fingerprint density at radius 2 is 2.20 bits per heavy atom. The molecule has 0 unspecified atom stereocenters. The average Bonchev–Trinajstić information content (AvgIpc) is 2.85. The number of rotatable bonds is 3. The number of amides is 1. The molecule has 0 saturated heterocycles. The zero-order chi connectivity index (χ0) is 17.2. The molecule has 0 saturated carbocycles. The Morgan fingerprint density at radius 1 is 1.32 bits per heavy atom. The number of carbonyl (C=O) groups is 1. The highest BCUT2D eigenvalue weighted by Crippen LogP contribution is 2.26. The van der Waals surface area contributed by atoms with Gasteiger partial charge in [0.1, 0.15) is 11.6 Å². The fourth-order valence-corrected chi connectivity index (χ4v) is 3.34. The van der Waals surface area contributed by atoms with Crippen LogP contribution in [-0.2, 0) is 17.8 Å². The lowest BCUT2D eigenvalue weighted by molar-refractivity contribution is -0.125. The number of aromatic amines is 1. The summed E-state index contributed by atoms with van der Waals surface area (Å²) in [5.74, 6) is 1.83. The number of aromatic nitrogens is 2. The molecule has 1 aromatic heterocycles. The molecule has 0 radical (unpaired) electrons. The average molecular weight is 335 g/mol. The van der Waals surface area contributed by atoms with Gasteiger partial charge in [0.2, 0.25) is 5.91 Å². The number of hydrogen-bond acceptors (Lipinski definition) is 3. The van der Waals surface area contributed by atoms with E-state index in [1.54, 1.807) is 0 Å². The van der Waals surface area contributed by atoms with Crippen LogP contribution in [0, 0.1) is 12.8 Å². The van der Waals surface area contributed by atoms with Crippen molar-refractivity contribution in [3.8, 4) is 5.75 Å². The van der Waals surface area contributed by atoms with E-state index in [1.165, 1.54) is 0 Å². The molecule has 5 nitrogen and oxygen atoms in total. The lowest BCUT2D eigenvalue weighted by Crippen LogP contribution is -2.31. The highest BCUT2D eigenvalue weighted by atomic mass is 16.5. The number of benzene rings is 2. The molecule has 2 N–H and O–H groups in total. The Balaban J connectivity index is 1.42. The molecule has 2 heterocycles. The van der Waals surface area contributed by atoms with Crippen LogP contribution in [0.1, 0.15) is 23.4 Å². The molecule has 128 valence electrons. The first-order valence-electron chi connectivity index (χ1n) is 8.63. The molecule has 1 aliphatic rings. The van der Waals surface area contributed by atoms with Gasteiger partial charge >= 0.3 is 0 Å². The summed E-state index contributed by atoms with van der Waals surface area (Å²) in [5.41, 5.74) is 4.12. The molecule has 25 heavy (non-hydrogen) atoms. The van der Waals surface area contributed by atoms with E-state index in [9.17, 15) is 4.79 Å². The van der Waals surface area contributed by atoms with E-state index in [-0.39, 0.29) is 11.8 Å². The Kier molecular flexibility index (Phi) is 4.14. The SMILES string of the molecule is Cc1nc2ccc(CNC(=O)[C@@H]3CCOc4ccccc4C3)cc2[nH]1. The summed E-state index contributed by atoms with van der Waals surface area (Å²) in [7, 11) is 0. The van der Waals surface area contributed by atoms with Crippen molar-refractivity contribution in [2.75, 3.05) is 6.61 Å². The van der Waals surface area contributed by atoms with Gasteiger partial charge < -0.3 is 15.0 Å². The third-order valence-electron chi connectivity index (χ3n) is 4.67. The van der Waals surface area contributed by atoms with Gasteiger partial charge in [0.05, 0.1) is 17.6 Å². The van der Waals surface area contributed by atoms with E-state index in [1.807, 2.05) is 49.4 Å². The lowest BCUT2D eigenvalue weighted by atomic mass is 9.96. The van der Waals surface area contributed by atoms with Gasteiger partial charge in [-0.2, -0.15) is 0 Å². The molecule has 3 aromatic rings. The number of aryl methyl sites for hydroxylation is 1. The Labute approximate surface area is 146 Å². The van der Waals surface area contributed by atoms with Crippen LogP contribution in [0.15, 0.2) is 42.5 Å². The minimum Gasteiger partial charge on any atom is -0.493 e. The van der Waals surface area contributed by atoms with Gasteiger partial charge in [-0.15, -0.1) is 0 Å². The molecule has 0 spiro atoms. The van der Waals surface area contributed by atoms with Gasteiger partial charge in [0, 0.05) is 12.5 Å². The predicted octanol–water partition coefficient (Wildman–Crippen LogP) is 3.13. The topological polar surface area (TPSA) is 67.0 Å². The monoisotopic (exact) mass is 335 g/mol. The normalized spacial score (nSPS) is 16.8. The van der Waals surface area contributed by atoms with E-state index in [0.717, 1.165) is 46.6 Å². The predicted molar refractivity (Wildman–Crippen MR) is 96.4 cm³/mol. The Bertz CT molecular complexity index is 916. The van der Waals surface area contributed by atoms with E-state index in [4.69, 9.17) is 4.74 Å². The van der Waals surface area contributed by atoms with Crippen LogP contribution in [0.4, 0.5) is 0 Å². The van der Waals surface area contributed by atoms with Crippen molar-refractivity contribution < 1.29 is 9.53 Å². The number of para-hydroxylation sites is 1. The molecule has 1 aliphatic heterocycles. The van der Waals surface area contributed by atoms with Crippen molar-refractivity contribution in [3.63, 3.8) is 0 Å². The van der Waals surface area contributed by atoms with Gasteiger partial charge in [-0.25, -0.2) is 4.98 Å². The maximum absolute atomic E-state index is 12.6. The zero-order valence-electron chi connectivity index (χ0n) is 14.2. The molecule has 1 amide bonds. The quantitative estimate of drug-likeness (QED) is 0.773. The smallest absolute Gasteiger partial charge is 0.223 e. The van der Waals surface area contributed by atoms with Gasteiger partial charge in [0.25, 0.3) is 0 Å². The molecule has 0 bridgehead atoms. The van der Waals surface area contributed by atoms with Crippen LogP contribution in [0.2, 0.25) is 0 Å². The molecule has 0 aliphatic carbocycles. The number of nitrogens with zero attached hydrogens (tertiary/aromatic N) is 1. The first-order valence-corrected chi connectivity index (χ1v) is 8.63. The van der Waals surface area contributed by atoms with Crippen molar-refractivity contribution in [1.82, 2.24) is 15.3 Å². The van der Waals surface area contributed by atoms with E-state index < -0.39 is 0 Å². The van der Waals surface area contributed by atoms with Crippen molar-refractivity contribution >= 4 is 16.9 Å². The number of carbonyl (C=O) groups excluding carboxylic acids is 1. The number of H-pyrrole nitrogens is 1. The molecule has 0 fully saturated rings. The Hall–Kier alpha value is -2.82. The van der Waals surface area contributed by atoms with Crippen LogP contribution in [-0.4, -0.2) is 22.5 Å². The summed E-state index contributed by atoms with van der Waals surface area (Å²) in [6.07, 6.45) is 1.46. The molecule has 5 heteroatoms. The molecular weight excluding hydrogens is 314 g/mol. The fraction of sp³-hybridized carbons (Fsp3) is 0.300. The van der Waals surface area contributed by atoms with Crippen LogP contribution < -0.4 is 10.1 Å². The number of nitrogens with one attached hydrogen (secondary N) is 2. The second kappa shape index (κ2) is 6.59. The van der Waals surface area contributed by atoms with E-state index in [2.05, 4.69) is 15.3 Å². The van der Waals surface area contributed by atoms with E-state index >= 15 is 0 Å². The van der Waals surface area contributed by atoms with Crippen LogP contribution in [0.5, 0.6) is 5.75 Å². The van der Waals surface area contributed by atoms with Crippen LogP contribution in [0.25, 0.3) is 11.0 Å². The third kappa shape index (κ3) is 3.36. The summed E-state index contributed by atoms with van der Waals surface area (Å²) in [4.78, 5) is 20.2. The first-order chi connectivity index (χ1) is 12.2. The van der Waals surface area contributed by atoms with Crippen molar-refractivity contribution in [2.45, 2.75) is 26.3 Å². The number of fused-ring (bicyclic) bond motifs is 2. The Morgan fingerprint density at radius 3 is 3.12 bits per heavy atom. The highest BCUT2D eigenvalue weighted by molar-refractivity contribution is 5.80. The molecule has 2 aromatic carbocycles. The minimum absolute atomic E-state index is 0.0539. The standard InChI is InChI=1S/C20H21N3O2/c1-13-22-17-7-6-14(10-18(17)23-13)12-21-20(24)16-8-9-25-19-5-3-2-4-15(19)11-16/h2-7,10,16H,8-9,11-12H2,1H3,(H,21,24)(H,22,23)/t16-/m1/s1. The van der Waals surface area contributed by atoms with Gasteiger partial charge in [-0.1, -0.05) is 24.3 Å². The summed E-state index contributed by atoms with van der Waals surface area (Å²) >= 11 is 0. The largest absolute Gasteiger partial charge is 0.493 e.